The molecule has 3 aromatic rings. The highest BCUT2D eigenvalue weighted by Crippen LogP contribution is 2.64. The summed E-state index contributed by atoms with van der Waals surface area (Å²) in [6.07, 6.45) is 6.22. The number of anilines is 1. The van der Waals surface area contributed by atoms with Crippen molar-refractivity contribution in [2.45, 2.75) is 56.3 Å². The maximum atomic E-state index is 13.1. The van der Waals surface area contributed by atoms with Crippen molar-refractivity contribution in [2.75, 3.05) is 11.9 Å². The van der Waals surface area contributed by atoms with Crippen molar-refractivity contribution >= 4 is 55.3 Å². The number of esters is 1. The van der Waals surface area contributed by atoms with Crippen molar-refractivity contribution < 1.29 is 14.3 Å². The molecule has 7 rings (SSSR count). The summed E-state index contributed by atoms with van der Waals surface area (Å²) in [4.78, 5) is 25.8. The van der Waals surface area contributed by atoms with Crippen LogP contribution in [0.25, 0.3) is 21.8 Å². The van der Waals surface area contributed by atoms with Crippen molar-refractivity contribution in [3.05, 3.63) is 42.5 Å². The molecule has 5 nitrogen and oxygen atoms in total. The number of nitrogens with one attached hydrogen (secondary N) is 1. The highest BCUT2D eigenvalue weighted by atomic mass is 79.9. The lowest BCUT2D eigenvalue weighted by atomic mass is 9.49. The molecule has 33 heavy (non-hydrogen) atoms. The molecule has 4 fully saturated rings. The molecule has 1 heterocycles. The number of amides is 1. The second kappa shape index (κ2) is 7.59. The molecule has 4 saturated carbocycles. The van der Waals surface area contributed by atoms with Gasteiger partial charge in [-0.05, 0) is 81.5 Å². The second-order valence-electron chi connectivity index (χ2n) is 10.5. The number of halogens is 1. The lowest BCUT2D eigenvalue weighted by Crippen LogP contribution is -2.56. The Bertz CT molecular complexity index is 1270. The SMILES string of the molecule is CCn1c2ccccc2c2cc(NC(=O)COC(=O)C34C[C@H]5C[C@@H](CC(Br)(C5)C3)C4)ccc21. The fourth-order valence-corrected chi connectivity index (χ4v) is 8.80. The summed E-state index contributed by atoms with van der Waals surface area (Å²) in [6, 6.07) is 14.3. The first kappa shape index (κ1) is 21.2. The molecule has 2 aromatic carbocycles. The Hall–Kier alpha value is -2.34. The van der Waals surface area contributed by atoms with Gasteiger partial charge < -0.3 is 14.6 Å². The predicted molar refractivity (Wildman–Crippen MR) is 133 cm³/mol. The Morgan fingerprint density at radius 3 is 2.52 bits per heavy atom. The van der Waals surface area contributed by atoms with Gasteiger partial charge in [0.15, 0.2) is 6.61 Å². The third-order valence-electron chi connectivity index (χ3n) is 8.13. The standard InChI is InChI=1S/C27H29BrN2O3/c1-2-30-22-6-4-3-5-20(22)21-10-19(7-8-23(21)30)29-24(31)15-33-25(32)26-11-17-9-18(12-26)14-27(28,13-17)16-26/h3-8,10,17-18H,2,9,11-16H2,1H3,(H,29,31)/t17-,18-,26?,27?/m1/s1. The topological polar surface area (TPSA) is 60.3 Å². The quantitative estimate of drug-likeness (QED) is 0.338. The Kier molecular flexibility index (Phi) is 4.88. The van der Waals surface area contributed by atoms with Crippen molar-refractivity contribution in [1.82, 2.24) is 4.57 Å². The zero-order chi connectivity index (χ0) is 22.8. The van der Waals surface area contributed by atoms with Crippen LogP contribution in [0.15, 0.2) is 42.5 Å². The summed E-state index contributed by atoms with van der Waals surface area (Å²) in [6.45, 7) is 2.78. The van der Waals surface area contributed by atoms with Gasteiger partial charge in [-0.1, -0.05) is 34.1 Å². The number of aromatic nitrogens is 1. The first-order valence-corrected chi connectivity index (χ1v) is 12.8. The number of rotatable bonds is 5. The minimum absolute atomic E-state index is 0.0887. The number of hydrogen-bond donors (Lipinski definition) is 1. The highest BCUT2D eigenvalue weighted by molar-refractivity contribution is 9.10. The van der Waals surface area contributed by atoms with Gasteiger partial charge in [0.2, 0.25) is 0 Å². The van der Waals surface area contributed by atoms with E-state index in [9.17, 15) is 9.59 Å². The molecule has 4 aliphatic rings. The van der Waals surface area contributed by atoms with Crippen molar-refractivity contribution in [3.63, 3.8) is 0 Å². The Balaban J connectivity index is 1.16. The van der Waals surface area contributed by atoms with Crippen LogP contribution in [0.2, 0.25) is 0 Å². The number of carbonyl (C=O) groups excluding carboxylic acids is 2. The van der Waals surface area contributed by atoms with E-state index in [0.29, 0.717) is 11.8 Å². The van der Waals surface area contributed by atoms with Crippen LogP contribution < -0.4 is 5.32 Å². The maximum absolute atomic E-state index is 13.1. The van der Waals surface area contributed by atoms with Crippen LogP contribution in [0, 0.1) is 17.3 Å². The zero-order valence-electron chi connectivity index (χ0n) is 18.9. The molecule has 0 saturated heterocycles. The van der Waals surface area contributed by atoms with E-state index >= 15 is 0 Å². The first-order valence-electron chi connectivity index (χ1n) is 12.1. The van der Waals surface area contributed by atoms with Gasteiger partial charge in [0, 0.05) is 38.4 Å². The monoisotopic (exact) mass is 508 g/mol. The van der Waals surface area contributed by atoms with Gasteiger partial charge in [0.1, 0.15) is 0 Å². The molecule has 2 atom stereocenters. The van der Waals surface area contributed by atoms with E-state index in [0.717, 1.165) is 55.2 Å². The van der Waals surface area contributed by atoms with E-state index in [1.54, 1.807) is 0 Å². The molecule has 0 radical (unpaired) electrons. The Morgan fingerprint density at radius 2 is 1.79 bits per heavy atom. The second-order valence-corrected chi connectivity index (χ2v) is 12.2. The molecule has 0 spiro atoms. The van der Waals surface area contributed by atoms with Gasteiger partial charge in [0.05, 0.1) is 5.41 Å². The van der Waals surface area contributed by atoms with E-state index < -0.39 is 5.41 Å². The third kappa shape index (κ3) is 3.49. The minimum Gasteiger partial charge on any atom is -0.455 e. The number of benzene rings is 2. The van der Waals surface area contributed by atoms with Gasteiger partial charge in [-0.25, -0.2) is 0 Å². The number of alkyl halides is 1. The van der Waals surface area contributed by atoms with Gasteiger partial charge in [-0.2, -0.15) is 0 Å². The van der Waals surface area contributed by atoms with Gasteiger partial charge in [-0.15, -0.1) is 0 Å². The van der Waals surface area contributed by atoms with Crippen LogP contribution in [0.1, 0.15) is 45.4 Å². The van der Waals surface area contributed by atoms with E-state index in [1.165, 1.54) is 17.3 Å². The number of ether oxygens (including phenoxy) is 1. The fourth-order valence-electron chi connectivity index (χ4n) is 7.34. The van der Waals surface area contributed by atoms with Gasteiger partial charge >= 0.3 is 5.97 Å². The summed E-state index contributed by atoms with van der Waals surface area (Å²) in [5, 5.41) is 5.21. The largest absolute Gasteiger partial charge is 0.455 e. The molecule has 0 unspecified atom stereocenters. The Morgan fingerprint density at radius 1 is 1.06 bits per heavy atom. The third-order valence-corrected chi connectivity index (χ3v) is 9.06. The van der Waals surface area contributed by atoms with Gasteiger partial charge in [-0.3, -0.25) is 9.59 Å². The summed E-state index contributed by atoms with van der Waals surface area (Å²) in [5.41, 5.74) is 2.65. The van der Waals surface area contributed by atoms with Crippen LogP contribution in [-0.2, 0) is 20.9 Å². The van der Waals surface area contributed by atoms with E-state index in [1.807, 2.05) is 30.3 Å². The van der Waals surface area contributed by atoms with Crippen molar-refractivity contribution in [1.29, 1.82) is 0 Å². The molecule has 1 amide bonds. The number of nitrogens with zero attached hydrogens (tertiary/aromatic N) is 1. The van der Waals surface area contributed by atoms with Crippen LogP contribution in [0.3, 0.4) is 0 Å². The molecule has 1 N–H and O–H groups in total. The van der Waals surface area contributed by atoms with E-state index in [-0.39, 0.29) is 22.8 Å². The lowest BCUT2D eigenvalue weighted by Gasteiger charge is -2.58. The van der Waals surface area contributed by atoms with Gasteiger partial charge in [0.25, 0.3) is 5.91 Å². The molecule has 6 heteroatoms. The molecule has 172 valence electrons. The van der Waals surface area contributed by atoms with Crippen molar-refractivity contribution in [2.24, 2.45) is 17.3 Å². The summed E-state index contributed by atoms with van der Waals surface area (Å²) in [7, 11) is 0. The number of carbonyl (C=O) groups is 2. The lowest BCUT2D eigenvalue weighted by molar-refractivity contribution is -0.170. The molecule has 4 aliphatic carbocycles. The molecular formula is C27H29BrN2O3. The van der Waals surface area contributed by atoms with Crippen molar-refractivity contribution in [3.8, 4) is 0 Å². The predicted octanol–water partition coefficient (Wildman–Crippen LogP) is 6.03. The maximum Gasteiger partial charge on any atom is 0.312 e. The van der Waals surface area contributed by atoms with Crippen LogP contribution in [-0.4, -0.2) is 27.4 Å². The van der Waals surface area contributed by atoms with E-state index in [4.69, 9.17) is 4.74 Å². The zero-order valence-corrected chi connectivity index (χ0v) is 20.5. The molecule has 4 bridgehead atoms. The highest BCUT2D eigenvalue weighted by Gasteiger charge is 2.60. The van der Waals surface area contributed by atoms with Crippen LogP contribution in [0.5, 0.6) is 0 Å². The average Bonchev–Trinajstić information content (AvgIpc) is 3.09. The smallest absolute Gasteiger partial charge is 0.312 e. The average molecular weight is 509 g/mol. The number of fused-ring (bicyclic) bond motifs is 3. The number of hydrogen-bond acceptors (Lipinski definition) is 3. The minimum atomic E-state index is -0.408. The van der Waals surface area contributed by atoms with Crippen LogP contribution >= 0.6 is 15.9 Å². The normalized spacial score (nSPS) is 30.1. The molecular weight excluding hydrogens is 480 g/mol. The van der Waals surface area contributed by atoms with E-state index in [2.05, 4.69) is 44.9 Å². The number of para-hydroxylation sites is 1. The first-order chi connectivity index (χ1) is 15.9. The fraction of sp³-hybridized carbons (Fsp3) is 0.481. The summed E-state index contributed by atoms with van der Waals surface area (Å²) in [5.74, 6) is 0.727. The molecule has 0 aliphatic heterocycles. The Labute approximate surface area is 202 Å². The summed E-state index contributed by atoms with van der Waals surface area (Å²) >= 11 is 3.94. The molecule has 1 aromatic heterocycles. The summed E-state index contributed by atoms with van der Waals surface area (Å²) < 4.78 is 7.98. The van der Waals surface area contributed by atoms with Crippen LogP contribution in [0.4, 0.5) is 5.69 Å². The number of aryl methyl sites for hydroxylation is 1.